The molecule has 0 N–H and O–H groups in total. The zero-order valence-corrected chi connectivity index (χ0v) is 24.7. The Hall–Kier alpha value is -5.08. The van der Waals surface area contributed by atoms with Gasteiger partial charge in [-0.2, -0.15) is 5.26 Å². The number of nitrogens with zero attached hydrogens (tertiary/aromatic N) is 1. The number of esters is 1. The highest BCUT2D eigenvalue weighted by Gasteiger charge is 2.45. The molecule has 0 bridgehead atoms. The Bertz CT molecular complexity index is 1970. The Kier molecular flexibility index (Phi) is 6.07. The Labute approximate surface area is 251 Å². The molecule has 1 aliphatic heterocycles. The molecule has 2 aliphatic carbocycles. The summed E-state index contributed by atoms with van der Waals surface area (Å²) in [6.45, 7) is 4.46. The first kappa shape index (κ1) is 26.8. The SMILES string of the molecule is COC(=O)c1ccc(C2(C3=CC=C(OC)CC3)C=Cc3c4c(c5ccccc5c3O2)-c2ccc(C#N)cc2C4(C)C)cc1. The molecule has 0 saturated heterocycles. The first-order chi connectivity index (χ1) is 20.8. The van der Waals surface area contributed by atoms with Crippen molar-refractivity contribution in [2.24, 2.45) is 0 Å². The maximum Gasteiger partial charge on any atom is 0.337 e. The van der Waals surface area contributed by atoms with E-state index in [1.165, 1.54) is 18.2 Å². The third-order valence-electron chi connectivity index (χ3n) is 9.25. The van der Waals surface area contributed by atoms with Gasteiger partial charge in [-0.25, -0.2) is 4.79 Å². The maximum absolute atomic E-state index is 12.2. The summed E-state index contributed by atoms with van der Waals surface area (Å²) in [6, 6.07) is 24.3. The van der Waals surface area contributed by atoms with E-state index in [0.717, 1.165) is 62.9 Å². The molecule has 0 saturated carbocycles. The average Bonchev–Trinajstić information content (AvgIpc) is 3.30. The molecule has 1 heterocycles. The van der Waals surface area contributed by atoms with Gasteiger partial charge in [-0.05, 0) is 76.1 Å². The van der Waals surface area contributed by atoms with Gasteiger partial charge in [-0.15, -0.1) is 0 Å². The zero-order chi connectivity index (χ0) is 29.9. The van der Waals surface area contributed by atoms with E-state index < -0.39 is 5.60 Å². The quantitative estimate of drug-likeness (QED) is 0.233. The molecule has 3 aliphatic rings. The molecule has 4 aromatic carbocycles. The van der Waals surface area contributed by atoms with Gasteiger partial charge in [0, 0.05) is 28.3 Å². The standard InChI is InChI=1S/C38H31NO4/c1-37(2)32-21-23(22-39)9-18-30(32)33-28-7-5-6-8-29(28)35-31(34(33)37)19-20-38(43-35,26-14-16-27(41-3)17-15-26)25-12-10-24(11-13-25)36(40)42-4/h5-14,16,18-21H,15,17H2,1-4H3. The minimum atomic E-state index is -0.891. The fraction of sp³-hybridized carbons (Fsp3) is 0.211. The van der Waals surface area contributed by atoms with E-state index in [2.05, 4.69) is 68.5 Å². The van der Waals surface area contributed by atoms with Gasteiger partial charge >= 0.3 is 5.97 Å². The lowest BCUT2D eigenvalue weighted by molar-refractivity contribution is 0.0600. The minimum Gasteiger partial charge on any atom is -0.501 e. The number of nitriles is 1. The molecule has 0 fully saturated rings. The van der Waals surface area contributed by atoms with Gasteiger partial charge in [-0.1, -0.05) is 68.5 Å². The first-order valence-corrected chi connectivity index (χ1v) is 14.5. The Morgan fingerprint density at radius 3 is 2.40 bits per heavy atom. The Morgan fingerprint density at radius 2 is 1.72 bits per heavy atom. The molecule has 1 atom stereocenters. The maximum atomic E-state index is 12.2. The predicted octanol–water partition coefficient (Wildman–Crippen LogP) is 8.36. The van der Waals surface area contributed by atoms with Crippen molar-refractivity contribution in [3.63, 3.8) is 0 Å². The largest absolute Gasteiger partial charge is 0.501 e. The molecule has 212 valence electrons. The molecule has 43 heavy (non-hydrogen) atoms. The highest BCUT2D eigenvalue weighted by molar-refractivity contribution is 6.08. The van der Waals surface area contributed by atoms with Crippen LogP contribution in [0.4, 0.5) is 0 Å². The van der Waals surface area contributed by atoms with Crippen LogP contribution in [0.1, 0.15) is 64.9 Å². The summed E-state index contributed by atoms with van der Waals surface area (Å²) in [5, 5.41) is 11.8. The minimum absolute atomic E-state index is 0.346. The number of carbonyl (C=O) groups excluding carboxylic acids is 1. The van der Waals surface area contributed by atoms with Gasteiger partial charge in [-0.3, -0.25) is 0 Å². The smallest absolute Gasteiger partial charge is 0.337 e. The van der Waals surface area contributed by atoms with Crippen LogP contribution in [0, 0.1) is 11.3 Å². The van der Waals surface area contributed by atoms with Crippen molar-refractivity contribution in [1.29, 1.82) is 5.26 Å². The van der Waals surface area contributed by atoms with Crippen molar-refractivity contribution in [3.05, 3.63) is 130 Å². The number of benzene rings is 4. The van der Waals surface area contributed by atoms with E-state index in [1.807, 2.05) is 30.3 Å². The van der Waals surface area contributed by atoms with E-state index in [0.29, 0.717) is 11.1 Å². The number of rotatable bonds is 4. The van der Waals surface area contributed by atoms with Crippen molar-refractivity contribution in [1.82, 2.24) is 0 Å². The van der Waals surface area contributed by atoms with Crippen molar-refractivity contribution >= 4 is 22.8 Å². The molecular formula is C38H31NO4. The molecule has 5 heteroatoms. The van der Waals surface area contributed by atoms with Gasteiger partial charge in [0.05, 0.1) is 37.2 Å². The second-order valence-electron chi connectivity index (χ2n) is 11.8. The lowest BCUT2D eigenvalue weighted by Gasteiger charge is -2.40. The third-order valence-corrected chi connectivity index (χ3v) is 9.25. The topological polar surface area (TPSA) is 68.6 Å². The highest BCUT2D eigenvalue weighted by Crippen LogP contribution is 2.58. The van der Waals surface area contributed by atoms with Crippen molar-refractivity contribution in [2.45, 2.75) is 37.7 Å². The second kappa shape index (κ2) is 9.74. The summed E-state index contributed by atoms with van der Waals surface area (Å²) < 4.78 is 17.8. The van der Waals surface area contributed by atoms with Gasteiger partial charge in [0.25, 0.3) is 0 Å². The molecule has 0 aromatic heterocycles. The van der Waals surface area contributed by atoms with E-state index in [4.69, 9.17) is 14.2 Å². The van der Waals surface area contributed by atoms with Gasteiger partial charge in [0.15, 0.2) is 5.60 Å². The van der Waals surface area contributed by atoms with Crippen LogP contribution in [0.25, 0.3) is 28.0 Å². The monoisotopic (exact) mass is 565 g/mol. The lowest BCUT2D eigenvalue weighted by atomic mass is 9.75. The third kappa shape index (κ3) is 3.87. The summed E-state index contributed by atoms with van der Waals surface area (Å²) >= 11 is 0. The molecule has 4 aromatic rings. The molecule has 0 amide bonds. The van der Waals surface area contributed by atoms with E-state index in [9.17, 15) is 10.1 Å². The van der Waals surface area contributed by atoms with Gasteiger partial charge < -0.3 is 14.2 Å². The number of methoxy groups -OCH3 is 2. The summed E-state index contributed by atoms with van der Waals surface area (Å²) in [5.41, 5.74) is 7.71. The van der Waals surface area contributed by atoms with Gasteiger partial charge in [0.1, 0.15) is 5.75 Å². The van der Waals surface area contributed by atoms with Crippen LogP contribution in [0.3, 0.4) is 0 Å². The second-order valence-corrected chi connectivity index (χ2v) is 11.8. The average molecular weight is 566 g/mol. The Balaban J connectivity index is 1.49. The summed E-state index contributed by atoms with van der Waals surface area (Å²) in [4.78, 5) is 12.2. The number of hydrogen-bond acceptors (Lipinski definition) is 5. The summed E-state index contributed by atoms with van der Waals surface area (Å²) in [7, 11) is 3.09. The van der Waals surface area contributed by atoms with E-state index in [1.54, 1.807) is 19.2 Å². The predicted molar refractivity (Wildman–Crippen MR) is 168 cm³/mol. The molecule has 5 nitrogen and oxygen atoms in total. The van der Waals surface area contributed by atoms with E-state index >= 15 is 0 Å². The van der Waals surface area contributed by atoms with Crippen LogP contribution in [0.15, 0.2) is 96.3 Å². The number of ether oxygens (including phenoxy) is 3. The first-order valence-electron chi connectivity index (χ1n) is 14.5. The highest BCUT2D eigenvalue weighted by atomic mass is 16.5. The summed E-state index contributed by atoms with van der Waals surface area (Å²) in [6.07, 6.45) is 10.0. The van der Waals surface area contributed by atoms with Crippen LogP contribution in [-0.2, 0) is 20.5 Å². The molecule has 0 radical (unpaired) electrons. The molecule has 7 rings (SSSR count). The molecular weight excluding hydrogens is 534 g/mol. The van der Waals surface area contributed by atoms with Crippen molar-refractivity contribution in [3.8, 4) is 22.9 Å². The van der Waals surface area contributed by atoms with Gasteiger partial charge in [0.2, 0.25) is 0 Å². The fourth-order valence-corrected chi connectivity index (χ4v) is 7.09. The zero-order valence-electron chi connectivity index (χ0n) is 24.7. The Morgan fingerprint density at radius 1 is 0.953 bits per heavy atom. The normalized spacial score (nSPS) is 19.2. The lowest BCUT2D eigenvalue weighted by Crippen LogP contribution is -2.36. The van der Waals surface area contributed by atoms with Crippen LogP contribution >= 0.6 is 0 Å². The fourth-order valence-electron chi connectivity index (χ4n) is 7.09. The van der Waals surface area contributed by atoms with Crippen LogP contribution in [-0.4, -0.2) is 20.2 Å². The molecule has 0 spiro atoms. The van der Waals surface area contributed by atoms with Crippen LogP contribution in [0.2, 0.25) is 0 Å². The molecule has 1 unspecified atom stereocenters. The number of hydrogen-bond donors (Lipinski definition) is 0. The number of fused-ring (bicyclic) bond motifs is 8. The van der Waals surface area contributed by atoms with Crippen molar-refractivity contribution in [2.75, 3.05) is 14.2 Å². The number of allylic oxidation sites excluding steroid dienone is 3. The number of carbonyl (C=O) groups is 1. The van der Waals surface area contributed by atoms with Crippen LogP contribution in [0.5, 0.6) is 5.75 Å². The van der Waals surface area contributed by atoms with Crippen molar-refractivity contribution < 1.29 is 19.0 Å². The van der Waals surface area contributed by atoms with Crippen LogP contribution < -0.4 is 4.74 Å². The summed E-state index contributed by atoms with van der Waals surface area (Å²) in [5.74, 6) is 1.39. The van der Waals surface area contributed by atoms with E-state index in [-0.39, 0.29) is 11.4 Å².